The molecule has 0 bridgehead atoms. The molecule has 0 amide bonds. The quantitative estimate of drug-likeness (QED) is 0.888. The van der Waals surface area contributed by atoms with E-state index in [2.05, 4.69) is 10.1 Å². The van der Waals surface area contributed by atoms with E-state index in [1.165, 1.54) is 12.8 Å². The first-order chi connectivity index (χ1) is 8.73. The number of nitrogens with two attached hydrogens (primary N) is 1. The maximum absolute atomic E-state index is 5.80. The molecule has 2 N–H and O–H groups in total. The van der Waals surface area contributed by atoms with E-state index < -0.39 is 0 Å². The number of aromatic nitrogens is 2. The Hall–Kier alpha value is -0.940. The van der Waals surface area contributed by atoms with Gasteiger partial charge in [0.05, 0.1) is 0 Å². The molecular formula is C13H21N3O2. The molecule has 3 rings (SSSR count). The number of ether oxygens (including phenoxy) is 1. The summed E-state index contributed by atoms with van der Waals surface area (Å²) in [6.45, 7) is 3.54. The molecule has 1 saturated carbocycles. The Morgan fingerprint density at radius 3 is 3.00 bits per heavy atom. The van der Waals surface area contributed by atoms with Gasteiger partial charge < -0.3 is 15.0 Å². The van der Waals surface area contributed by atoms with Crippen LogP contribution in [0, 0.1) is 5.92 Å². The Morgan fingerprint density at radius 1 is 1.39 bits per heavy atom. The predicted octanol–water partition coefficient (Wildman–Crippen LogP) is 1.94. The molecule has 100 valence electrons. The van der Waals surface area contributed by atoms with Crippen molar-refractivity contribution in [3.63, 3.8) is 0 Å². The van der Waals surface area contributed by atoms with E-state index in [4.69, 9.17) is 15.0 Å². The Labute approximate surface area is 107 Å². The smallest absolute Gasteiger partial charge is 0.230 e. The minimum absolute atomic E-state index is 0.348. The van der Waals surface area contributed by atoms with E-state index in [1.54, 1.807) is 0 Å². The highest BCUT2D eigenvalue weighted by molar-refractivity contribution is 5.06. The molecule has 18 heavy (non-hydrogen) atoms. The number of hydrogen-bond donors (Lipinski definition) is 1. The highest BCUT2D eigenvalue weighted by Gasteiger charge is 2.39. The van der Waals surface area contributed by atoms with Crippen LogP contribution in [0.3, 0.4) is 0 Å². The normalized spacial score (nSPS) is 36.3. The second-order valence-electron chi connectivity index (χ2n) is 5.67. The van der Waals surface area contributed by atoms with Gasteiger partial charge in [0, 0.05) is 12.5 Å². The average molecular weight is 251 g/mol. The molecule has 5 heteroatoms. The van der Waals surface area contributed by atoms with Crippen LogP contribution in [0.5, 0.6) is 0 Å². The van der Waals surface area contributed by atoms with E-state index in [-0.39, 0.29) is 5.60 Å². The van der Waals surface area contributed by atoms with E-state index in [0.29, 0.717) is 24.2 Å². The fraction of sp³-hybridized carbons (Fsp3) is 0.846. The molecule has 3 unspecified atom stereocenters. The molecule has 1 aliphatic carbocycles. The van der Waals surface area contributed by atoms with Gasteiger partial charge in [-0.3, -0.25) is 0 Å². The molecule has 2 fully saturated rings. The van der Waals surface area contributed by atoms with Gasteiger partial charge in [-0.1, -0.05) is 11.6 Å². The largest absolute Gasteiger partial charge is 0.367 e. The first-order valence-electron chi connectivity index (χ1n) is 6.91. The SMILES string of the molecule is CC1(c2noc(C3CCCC3CN)n2)CCCO1. The Morgan fingerprint density at radius 2 is 2.28 bits per heavy atom. The highest BCUT2D eigenvalue weighted by Crippen LogP contribution is 2.40. The van der Waals surface area contributed by atoms with Gasteiger partial charge in [-0.15, -0.1) is 0 Å². The van der Waals surface area contributed by atoms with Gasteiger partial charge in [-0.2, -0.15) is 4.98 Å². The van der Waals surface area contributed by atoms with Crippen LogP contribution in [-0.2, 0) is 10.3 Å². The van der Waals surface area contributed by atoms with Crippen LogP contribution in [0.1, 0.15) is 56.7 Å². The summed E-state index contributed by atoms with van der Waals surface area (Å²) < 4.78 is 11.2. The molecule has 1 aromatic heterocycles. The van der Waals surface area contributed by atoms with E-state index in [0.717, 1.165) is 31.8 Å². The second kappa shape index (κ2) is 4.63. The van der Waals surface area contributed by atoms with Crippen molar-refractivity contribution in [2.24, 2.45) is 11.7 Å². The maximum atomic E-state index is 5.80. The third kappa shape index (κ3) is 1.95. The van der Waals surface area contributed by atoms with Gasteiger partial charge in [0.25, 0.3) is 0 Å². The molecule has 0 aromatic carbocycles. The van der Waals surface area contributed by atoms with E-state index in [1.807, 2.05) is 6.92 Å². The molecule has 1 saturated heterocycles. The van der Waals surface area contributed by atoms with Gasteiger partial charge in [-0.25, -0.2) is 0 Å². The average Bonchev–Trinajstić information content (AvgIpc) is 3.08. The standard InChI is InChI=1S/C13H21N3O2/c1-13(6-3-7-17-13)12-15-11(18-16-12)10-5-2-4-9(10)8-14/h9-10H,2-8,14H2,1H3. The summed E-state index contributed by atoms with van der Waals surface area (Å²) in [5.74, 6) is 2.31. The lowest BCUT2D eigenvalue weighted by Crippen LogP contribution is -2.22. The van der Waals surface area contributed by atoms with E-state index in [9.17, 15) is 0 Å². The van der Waals surface area contributed by atoms with Crippen molar-refractivity contribution in [1.29, 1.82) is 0 Å². The molecule has 0 spiro atoms. The summed E-state index contributed by atoms with van der Waals surface area (Å²) in [6, 6.07) is 0. The third-order valence-electron chi connectivity index (χ3n) is 4.41. The summed E-state index contributed by atoms with van der Waals surface area (Å²) in [5.41, 5.74) is 5.45. The lowest BCUT2D eigenvalue weighted by molar-refractivity contribution is 0.00768. The number of rotatable bonds is 3. The zero-order chi connectivity index (χ0) is 12.6. The minimum atomic E-state index is -0.349. The van der Waals surface area contributed by atoms with Crippen molar-refractivity contribution in [2.45, 2.75) is 50.5 Å². The van der Waals surface area contributed by atoms with Crippen LogP contribution in [0.15, 0.2) is 4.52 Å². The van der Waals surface area contributed by atoms with Crippen LogP contribution in [-0.4, -0.2) is 23.3 Å². The molecule has 5 nitrogen and oxygen atoms in total. The number of nitrogens with zero attached hydrogens (tertiary/aromatic N) is 2. The van der Waals surface area contributed by atoms with Gasteiger partial charge in [0.2, 0.25) is 11.7 Å². The monoisotopic (exact) mass is 251 g/mol. The third-order valence-corrected chi connectivity index (χ3v) is 4.41. The van der Waals surface area contributed by atoms with Crippen LogP contribution in [0.2, 0.25) is 0 Å². The molecule has 0 radical (unpaired) electrons. The number of hydrogen-bond acceptors (Lipinski definition) is 5. The van der Waals surface area contributed by atoms with Gasteiger partial charge in [0.15, 0.2) is 0 Å². The molecular weight excluding hydrogens is 230 g/mol. The molecule has 2 aliphatic rings. The van der Waals surface area contributed by atoms with Crippen molar-refractivity contribution in [3.8, 4) is 0 Å². The Balaban J connectivity index is 1.81. The summed E-state index contributed by atoms with van der Waals surface area (Å²) in [6.07, 6.45) is 5.53. The predicted molar refractivity (Wildman–Crippen MR) is 66.0 cm³/mol. The molecule has 1 aromatic rings. The minimum Gasteiger partial charge on any atom is -0.367 e. The Bertz CT molecular complexity index is 412. The van der Waals surface area contributed by atoms with E-state index >= 15 is 0 Å². The first-order valence-corrected chi connectivity index (χ1v) is 6.91. The van der Waals surface area contributed by atoms with Gasteiger partial charge >= 0.3 is 0 Å². The lowest BCUT2D eigenvalue weighted by atomic mass is 9.96. The summed E-state index contributed by atoms with van der Waals surface area (Å²) in [4.78, 5) is 4.59. The van der Waals surface area contributed by atoms with Crippen LogP contribution in [0.25, 0.3) is 0 Å². The summed E-state index contributed by atoms with van der Waals surface area (Å²) in [5, 5.41) is 4.13. The van der Waals surface area contributed by atoms with Crippen molar-refractivity contribution in [3.05, 3.63) is 11.7 Å². The highest BCUT2D eigenvalue weighted by atomic mass is 16.5. The maximum Gasteiger partial charge on any atom is 0.230 e. The topological polar surface area (TPSA) is 74.2 Å². The van der Waals surface area contributed by atoms with Crippen molar-refractivity contribution in [2.75, 3.05) is 13.2 Å². The van der Waals surface area contributed by atoms with Crippen LogP contribution >= 0.6 is 0 Å². The van der Waals surface area contributed by atoms with Gasteiger partial charge in [-0.05, 0) is 45.1 Å². The molecule has 2 heterocycles. The summed E-state index contributed by atoms with van der Waals surface area (Å²) >= 11 is 0. The van der Waals surface area contributed by atoms with Gasteiger partial charge in [0.1, 0.15) is 5.60 Å². The lowest BCUT2D eigenvalue weighted by Gasteiger charge is -2.18. The zero-order valence-corrected chi connectivity index (χ0v) is 10.9. The Kier molecular flexibility index (Phi) is 3.11. The fourth-order valence-corrected chi connectivity index (χ4v) is 3.20. The van der Waals surface area contributed by atoms with Crippen LogP contribution in [0.4, 0.5) is 0 Å². The molecule has 1 aliphatic heterocycles. The second-order valence-corrected chi connectivity index (χ2v) is 5.67. The molecule has 3 atom stereocenters. The first kappa shape index (κ1) is 12.1. The zero-order valence-electron chi connectivity index (χ0n) is 10.9. The van der Waals surface area contributed by atoms with Crippen molar-refractivity contribution < 1.29 is 9.26 Å². The van der Waals surface area contributed by atoms with Crippen molar-refractivity contribution >= 4 is 0 Å². The summed E-state index contributed by atoms with van der Waals surface area (Å²) in [7, 11) is 0. The van der Waals surface area contributed by atoms with Crippen LogP contribution < -0.4 is 5.73 Å². The fourth-order valence-electron chi connectivity index (χ4n) is 3.20. The van der Waals surface area contributed by atoms with Crippen molar-refractivity contribution in [1.82, 2.24) is 10.1 Å².